The highest BCUT2D eigenvalue weighted by molar-refractivity contribution is 9.10. The summed E-state index contributed by atoms with van der Waals surface area (Å²) in [6.45, 7) is -0.0580. The van der Waals surface area contributed by atoms with Gasteiger partial charge in [-0.3, -0.25) is 0 Å². The van der Waals surface area contributed by atoms with Crippen molar-refractivity contribution < 1.29 is 5.11 Å². The van der Waals surface area contributed by atoms with Crippen LogP contribution in [0.1, 0.15) is 24.7 Å². The van der Waals surface area contributed by atoms with Crippen LogP contribution in [0, 0.1) is 0 Å². The van der Waals surface area contributed by atoms with Crippen LogP contribution in [-0.2, 0) is 6.61 Å². The first-order valence-corrected chi connectivity index (χ1v) is 6.39. The van der Waals surface area contributed by atoms with Gasteiger partial charge >= 0.3 is 0 Å². The molecule has 1 aliphatic rings. The van der Waals surface area contributed by atoms with E-state index in [1.807, 2.05) is 24.3 Å². The molecule has 0 radical (unpaired) electrons. The van der Waals surface area contributed by atoms with Gasteiger partial charge in [0, 0.05) is 16.1 Å². The molecule has 1 aliphatic carbocycles. The Labute approximate surface area is 107 Å². The molecule has 17 heavy (non-hydrogen) atoms. The summed E-state index contributed by atoms with van der Waals surface area (Å²) in [6.07, 6.45) is 2.29. The maximum absolute atomic E-state index is 9.28. The first-order valence-electron chi connectivity index (χ1n) is 5.60. The Morgan fingerprint density at radius 3 is 2.82 bits per heavy atom. The number of aliphatic hydroxyl groups excluding tert-OH is 1. The molecule has 1 aromatic heterocycles. The fourth-order valence-corrected chi connectivity index (χ4v) is 2.37. The average Bonchev–Trinajstić information content (AvgIpc) is 3.08. The van der Waals surface area contributed by atoms with Crippen molar-refractivity contribution in [3.05, 3.63) is 34.6 Å². The third-order valence-electron chi connectivity index (χ3n) is 2.90. The summed E-state index contributed by atoms with van der Waals surface area (Å²) in [6, 6.07) is 8.44. The van der Waals surface area contributed by atoms with Crippen LogP contribution >= 0.6 is 15.9 Å². The highest BCUT2D eigenvalue weighted by Crippen LogP contribution is 2.39. The Bertz CT molecular complexity index is 548. The molecule has 0 atom stereocenters. The SMILES string of the molecule is OCc1nnc(-c2cccc(Br)c2)n1C1CC1. The zero-order valence-corrected chi connectivity index (χ0v) is 10.8. The van der Waals surface area contributed by atoms with Crippen LogP contribution in [0.3, 0.4) is 0 Å². The zero-order chi connectivity index (χ0) is 11.8. The van der Waals surface area contributed by atoms with Crippen LogP contribution in [0.15, 0.2) is 28.7 Å². The highest BCUT2D eigenvalue weighted by Gasteiger charge is 2.29. The first kappa shape index (κ1) is 10.9. The molecule has 5 heteroatoms. The quantitative estimate of drug-likeness (QED) is 0.946. The Hall–Kier alpha value is -1.20. The molecule has 1 heterocycles. The number of benzene rings is 1. The number of nitrogens with zero attached hydrogens (tertiary/aromatic N) is 3. The Morgan fingerprint density at radius 2 is 2.18 bits per heavy atom. The monoisotopic (exact) mass is 293 g/mol. The molecule has 0 aliphatic heterocycles. The van der Waals surface area contributed by atoms with Crippen molar-refractivity contribution in [1.29, 1.82) is 0 Å². The van der Waals surface area contributed by atoms with E-state index in [9.17, 15) is 5.11 Å². The van der Waals surface area contributed by atoms with Crippen LogP contribution in [0.2, 0.25) is 0 Å². The topological polar surface area (TPSA) is 50.9 Å². The summed E-state index contributed by atoms with van der Waals surface area (Å²) in [5.41, 5.74) is 1.03. The molecular weight excluding hydrogens is 282 g/mol. The molecule has 2 aromatic rings. The lowest BCUT2D eigenvalue weighted by Crippen LogP contribution is -2.03. The third kappa shape index (κ3) is 2.00. The minimum atomic E-state index is -0.0580. The average molecular weight is 294 g/mol. The molecule has 0 unspecified atom stereocenters. The van der Waals surface area contributed by atoms with Gasteiger partial charge in [-0.05, 0) is 25.0 Å². The van der Waals surface area contributed by atoms with Gasteiger partial charge in [-0.1, -0.05) is 28.1 Å². The fraction of sp³-hybridized carbons (Fsp3) is 0.333. The van der Waals surface area contributed by atoms with E-state index in [2.05, 4.69) is 30.7 Å². The molecule has 0 amide bonds. The van der Waals surface area contributed by atoms with E-state index in [1.165, 1.54) is 0 Å². The summed E-state index contributed by atoms with van der Waals surface area (Å²) in [5, 5.41) is 17.5. The molecule has 1 aromatic carbocycles. The van der Waals surface area contributed by atoms with Crippen molar-refractivity contribution in [1.82, 2.24) is 14.8 Å². The predicted molar refractivity (Wildman–Crippen MR) is 67.4 cm³/mol. The van der Waals surface area contributed by atoms with Gasteiger partial charge in [0.1, 0.15) is 6.61 Å². The minimum absolute atomic E-state index is 0.0580. The maximum atomic E-state index is 9.28. The molecule has 4 nitrogen and oxygen atoms in total. The van der Waals surface area contributed by atoms with Crippen molar-refractivity contribution in [2.75, 3.05) is 0 Å². The first-order chi connectivity index (χ1) is 8.29. The Balaban J connectivity index is 2.11. The molecule has 0 saturated heterocycles. The highest BCUT2D eigenvalue weighted by atomic mass is 79.9. The lowest BCUT2D eigenvalue weighted by atomic mass is 10.2. The Morgan fingerprint density at radius 1 is 1.35 bits per heavy atom. The van der Waals surface area contributed by atoms with E-state index in [4.69, 9.17) is 0 Å². The van der Waals surface area contributed by atoms with Crippen LogP contribution in [0.5, 0.6) is 0 Å². The van der Waals surface area contributed by atoms with Gasteiger partial charge in [0.2, 0.25) is 0 Å². The van der Waals surface area contributed by atoms with Gasteiger partial charge in [-0.25, -0.2) is 0 Å². The van der Waals surface area contributed by atoms with E-state index in [0.29, 0.717) is 11.9 Å². The van der Waals surface area contributed by atoms with Crippen LogP contribution in [0.4, 0.5) is 0 Å². The van der Waals surface area contributed by atoms with Crippen molar-refractivity contribution >= 4 is 15.9 Å². The number of halogens is 1. The number of aromatic nitrogens is 3. The summed E-state index contributed by atoms with van der Waals surface area (Å²) in [7, 11) is 0. The van der Waals surface area contributed by atoms with Crippen LogP contribution < -0.4 is 0 Å². The largest absolute Gasteiger partial charge is 0.388 e. The van der Waals surface area contributed by atoms with Gasteiger partial charge in [0.25, 0.3) is 0 Å². The standard InChI is InChI=1S/C12H12BrN3O/c13-9-3-1-2-8(6-9)12-15-14-11(7-17)16(12)10-4-5-10/h1-3,6,10,17H,4-5,7H2. The van der Waals surface area contributed by atoms with Crippen LogP contribution in [0.25, 0.3) is 11.4 Å². The van der Waals surface area contributed by atoms with Crippen molar-refractivity contribution in [3.63, 3.8) is 0 Å². The normalized spacial score (nSPS) is 15.2. The van der Waals surface area contributed by atoms with Gasteiger partial charge < -0.3 is 9.67 Å². The molecular formula is C12H12BrN3O. The van der Waals surface area contributed by atoms with Gasteiger partial charge in [0.05, 0.1) is 0 Å². The Kier molecular flexibility index (Phi) is 2.72. The summed E-state index contributed by atoms with van der Waals surface area (Å²) >= 11 is 3.45. The lowest BCUT2D eigenvalue weighted by molar-refractivity contribution is 0.265. The van der Waals surface area contributed by atoms with E-state index < -0.39 is 0 Å². The number of hydrogen-bond acceptors (Lipinski definition) is 3. The molecule has 1 fully saturated rings. The van der Waals surface area contributed by atoms with Gasteiger partial charge in [-0.2, -0.15) is 0 Å². The van der Waals surface area contributed by atoms with E-state index in [1.54, 1.807) is 0 Å². The van der Waals surface area contributed by atoms with Gasteiger partial charge in [0.15, 0.2) is 11.6 Å². The number of aliphatic hydroxyl groups is 1. The van der Waals surface area contributed by atoms with E-state index in [0.717, 1.165) is 28.7 Å². The number of hydrogen-bond donors (Lipinski definition) is 1. The third-order valence-corrected chi connectivity index (χ3v) is 3.40. The predicted octanol–water partition coefficient (Wildman–Crippen LogP) is 2.53. The molecule has 1 N–H and O–H groups in total. The van der Waals surface area contributed by atoms with Gasteiger partial charge in [-0.15, -0.1) is 10.2 Å². The smallest absolute Gasteiger partial charge is 0.164 e. The molecule has 88 valence electrons. The van der Waals surface area contributed by atoms with Crippen molar-refractivity contribution in [2.24, 2.45) is 0 Å². The fourth-order valence-electron chi connectivity index (χ4n) is 1.97. The van der Waals surface area contributed by atoms with Crippen molar-refractivity contribution in [2.45, 2.75) is 25.5 Å². The zero-order valence-electron chi connectivity index (χ0n) is 9.17. The second kappa shape index (κ2) is 4.23. The number of rotatable bonds is 3. The lowest BCUT2D eigenvalue weighted by Gasteiger charge is -2.07. The second-order valence-corrected chi connectivity index (χ2v) is 5.13. The maximum Gasteiger partial charge on any atom is 0.164 e. The van der Waals surface area contributed by atoms with E-state index >= 15 is 0 Å². The van der Waals surface area contributed by atoms with Crippen molar-refractivity contribution in [3.8, 4) is 11.4 Å². The summed E-state index contributed by atoms with van der Waals surface area (Å²) in [4.78, 5) is 0. The summed E-state index contributed by atoms with van der Waals surface area (Å²) in [5.74, 6) is 1.50. The minimum Gasteiger partial charge on any atom is -0.388 e. The van der Waals surface area contributed by atoms with E-state index in [-0.39, 0.29) is 6.61 Å². The van der Waals surface area contributed by atoms with Crippen LogP contribution in [-0.4, -0.2) is 19.9 Å². The second-order valence-electron chi connectivity index (χ2n) is 4.21. The molecule has 0 bridgehead atoms. The molecule has 1 saturated carbocycles. The molecule has 0 spiro atoms. The molecule has 3 rings (SSSR count). The summed E-state index contributed by atoms with van der Waals surface area (Å²) < 4.78 is 3.08.